The molecule has 1 heterocycles. The fraction of sp³-hybridized carbons (Fsp3) is 0.222. The van der Waals surface area contributed by atoms with Crippen molar-refractivity contribution in [1.29, 1.82) is 0 Å². The molecule has 0 saturated heterocycles. The maximum absolute atomic E-state index is 10.4. The van der Waals surface area contributed by atoms with Gasteiger partial charge >= 0.3 is 0 Å². The van der Waals surface area contributed by atoms with Crippen LogP contribution >= 0.6 is 11.8 Å². The van der Waals surface area contributed by atoms with Gasteiger partial charge in [-0.15, -0.1) is 0 Å². The lowest BCUT2D eigenvalue weighted by Gasteiger charge is -1.99. The highest BCUT2D eigenvalue weighted by Crippen LogP contribution is 2.22. The molecule has 0 amide bonds. The molecule has 0 aliphatic carbocycles. The quantitative estimate of drug-likeness (QED) is 0.567. The maximum Gasteiger partial charge on any atom is 0.269 e. The Morgan fingerprint density at radius 1 is 1.47 bits per heavy atom. The Hall–Kier alpha value is -1.56. The normalized spacial score (nSPS) is 15.3. The summed E-state index contributed by atoms with van der Waals surface area (Å²) in [5.41, 5.74) is 1.03. The summed E-state index contributed by atoms with van der Waals surface area (Å²) >= 11 is 1.62. The van der Waals surface area contributed by atoms with Crippen molar-refractivity contribution >= 4 is 22.5 Å². The van der Waals surface area contributed by atoms with Crippen molar-refractivity contribution in [2.24, 2.45) is 5.10 Å². The average Bonchev–Trinajstić information content (AvgIpc) is 2.65. The molecule has 0 fully saturated rings. The molecule has 1 aliphatic rings. The van der Waals surface area contributed by atoms with Gasteiger partial charge in [0.25, 0.3) is 5.69 Å². The molecule has 0 N–H and O–H groups in total. The van der Waals surface area contributed by atoms with Crippen molar-refractivity contribution < 1.29 is 4.92 Å². The fourth-order valence-corrected chi connectivity index (χ4v) is 2.10. The van der Waals surface area contributed by atoms with Crippen LogP contribution in [0.2, 0.25) is 0 Å². The van der Waals surface area contributed by atoms with E-state index in [-0.39, 0.29) is 5.69 Å². The molecule has 0 radical (unpaired) electrons. The van der Waals surface area contributed by atoms with Crippen LogP contribution in [0.25, 0.3) is 0 Å². The van der Waals surface area contributed by atoms with Crippen LogP contribution in [0.5, 0.6) is 0 Å². The minimum atomic E-state index is -0.403. The predicted molar refractivity (Wildman–Crippen MR) is 59.9 cm³/mol. The highest BCUT2D eigenvalue weighted by atomic mass is 32.2. The lowest BCUT2D eigenvalue weighted by Crippen LogP contribution is -2.02. The Morgan fingerprint density at radius 3 is 2.60 bits per heavy atom. The third-order valence-corrected chi connectivity index (χ3v) is 3.07. The predicted octanol–water partition coefficient (Wildman–Crippen LogP) is 1.89. The molecule has 0 aromatic heterocycles. The Labute approximate surface area is 90.9 Å². The van der Waals surface area contributed by atoms with Gasteiger partial charge in [-0.05, 0) is 12.1 Å². The van der Waals surface area contributed by atoms with Gasteiger partial charge < -0.3 is 0 Å². The van der Waals surface area contributed by atoms with Gasteiger partial charge in [-0.2, -0.15) is 5.10 Å². The lowest BCUT2D eigenvalue weighted by molar-refractivity contribution is -0.384. The van der Waals surface area contributed by atoms with Gasteiger partial charge in [0, 0.05) is 24.7 Å². The molecule has 78 valence electrons. The number of thioether (sulfide) groups is 1. The Balaban J connectivity index is 2.24. The topological polar surface area (TPSA) is 58.7 Å². The van der Waals surface area contributed by atoms with E-state index in [9.17, 15) is 10.1 Å². The van der Waals surface area contributed by atoms with Crippen LogP contribution in [0, 0.1) is 10.1 Å². The summed E-state index contributed by atoms with van der Waals surface area (Å²) in [6.07, 6.45) is 0. The second-order valence-corrected chi connectivity index (χ2v) is 4.07. The van der Waals surface area contributed by atoms with Gasteiger partial charge in [0.15, 0.2) is 0 Å². The highest BCUT2D eigenvalue weighted by Gasteiger charge is 2.14. The van der Waals surface area contributed by atoms with Crippen molar-refractivity contribution in [1.82, 2.24) is 5.01 Å². The zero-order chi connectivity index (χ0) is 10.8. The van der Waals surface area contributed by atoms with Gasteiger partial charge in [-0.3, -0.25) is 15.1 Å². The smallest absolute Gasteiger partial charge is 0.269 e. The first-order valence-corrected chi connectivity index (χ1v) is 5.33. The van der Waals surface area contributed by atoms with Gasteiger partial charge in [0.05, 0.1) is 10.8 Å². The molecule has 1 aliphatic heterocycles. The maximum atomic E-state index is 10.4. The van der Waals surface area contributed by atoms with Crippen LogP contribution in [0.3, 0.4) is 0 Å². The number of nitro benzene ring substituents is 1. The van der Waals surface area contributed by atoms with Crippen molar-refractivity contribution in [2.75, 3.05) is 12.9 Å². The number of benzene rings is 1. The van der Waals surface area contributed by atoms with E-state index in [1.165, 1.54) is 12.1 Å². The summed E-state index contributed by atoms with van der Waals surface area (Å²) in [5, 5.41) is 17.5. The summed E-state index contributed by atoms with van der Waals surface area (Å²) in [6.45, 7) is 0. The van der Waals surface area contributed by atoms with Crippen LogP contribution in [-0.4, -0.2) is 27.9 Å². The van der Waals surface area contributed by atoms with E-state index < -0.39 is 4.92 Å². The molecule has 2 rings (SSSR count). The first-order valence-electron chi connectivity index (χ1n) is 4.34. The van der Waals surface area contributed by atoms with E-state index >= 15 is 0 Å². The zero-order valence-corrected chi connectivity index (χ0v) is 8.90. The third kappa shape index (κ3) is 2.10. The molecule has 0 atom stereocenters. The van der Waals surface area contributed by atoms with Crippen molar-refractivity contribution in [3.63, 3.8) is 0 Å². The van der Waals surface area contributed by atoms with Gasteiger partial charge in [-0.1, -0.05) is 11.8 Å². The standard InChI is InChI=1S/C9H9N3O2S/c1-11-6-15-9(10-11)7-2-4-8(5-3-7)12(13)14/h2-5H,6H2,1H3. The minimum Gasteiger partial charge on any atom is -0.289 e. The average molecular weight is 223 g/mol. The Morgan fingerprint density at radius 2 is 2.13 bits per heavy atom. The summed E-state index contributed by atoms with van der Waals surface area (Å²) in [6, 6.07) is 6.44. The summed E-state index contributed by atoms with van der Waals surface area (Å²) in [4.78, 5) is 10.0. The zero-order valence-electron chi connectivity index (χ0n) is 8.08. The van der Waals surface area contributed by atoms with Crippen molar-refractivity contribution in [2.45, 2.75) is 0 Å². The first-order chi connectivity index (χ1) is 7.16. The molecular formula is C9H9N3O2S. The number of hydrogen-bond acceptors (Lipinski definition) is 5. The molecule has 0 spiro atoms. The van der Waals surface area contributed by atoms with Crippen LogP contribution in [0.4, 0.5) is 5.69 Å². The van der Waals surface area contributed by atoms with Crippen molar-refractivity contribution in [3.05, 3.63) is 39.9 Å². The highest BCUT2D eigenvalue weighted by molar-refractivity contribution is 8.14. The number of nitrogens with zero attached hydrogens (tertiary/aromatic N) is 3. The number of non-ortho nitro benzene ring substituents is 1. The van der Waals surface area contributed by atoms with Crippen molar-refractivity contribution in [3.8, 4) is 0 Å². The molecule has 1 aromatic carbocycles. The van der Waals surface area contributed by atoms with Crippen LogP contribution in [-0.2, 0) is 0 Å². The second kappa shape index (κ2) is 3.90. The van der Waals surface area contributed by atoms with Crippen LogP contribution < -0.4 is 0 Å². The van der Waals surface area contributed by atoms with E-state index in [0.717, 1.165) is 16.5 Å². The molecule has 6 heteroatoms. The van der Waals surface area contributed by atoms with E-state index in [1.54, 1.807) is 23.9 Å². The van der Waals surface area contributed by atoms with E-state index in [4.69, 9.17) is 0 Å². The Kier molecular flexibility index (Phi) is 2.59. The largest absolute Gasteiger partial charge is 0.289 e. The monoisotopic (exact) mass is 223 g/mol. The number of hydrazone groups is 1. The molecule has 0 saturated carbocycles. The minimum absolute atomic E-state index is 0.107. The van der Waals surface area contributed by atoms with Gasteiger partial charge in [-0.25, -0.2) is 0 Å². The van der Waals surface area contributed by atoms with Crippen LogP contribution in [0.15, 0.2) is 29.4 Å². The number of nitro groups is 1. The van der Waals surface area contributed by atoms with E-state index in [1.807, 2.05) is 12.1 Å². The fourth-order valence-electron chi connectivity index (χ4n) is 1.23. The summed E-state index contributed by atoms with van der Waals surface area (Å²) in [7, 11) is 1.89. The molecule has 15 heavy (non-hydrogen) atoms. The molecule has 0 unspecified atom stereocenters. The summed E-state index contributed by atoms with van der Waals surface area (Å²) in [5.74, 6) is 0.826. The van der Waals surface area contributed by atoms with E-state index in [0.29, 0.717) is 0 Å². The molecule has 5 nitrogen and oxygen atoms in total. The SMILES string of the molecule is CN1CSC(c2ccc([N+](=O)[O-])cc2)=N1. The molecular weight excluding hydrogens is 214 g/mol. The number of hydrogen-bond donors (Lipinski definition) is 0. The van der Waals surface area contributed by atoms with Gasteiger partial charge in [0.1, 0.15) is 5.04 Å². The number of rotatable bonds is 2. The lowest BCUT2D eigenvalue weighted by atomic mass is 10.2. The first kappa shape index (κ1) is 9.97. The Bertz CT molecular complexity index is 416. The van der Waals surface area contributed by atoms with E-state index in [2.05, 4.69) is 5.10 Å². The molecule has 1 aromatic rings. The van der Waals surface area contributed by atoms with Crippen LogP contribution in [0.1, 0.15) is 5.56 Å². The van der Waals surface area contributed by atoms with Gasteiger partial charge in [0.2, 0.25) is 0 Å². The summed E-state index contributed by atoms with van der Waals surface area (Å²) < 4.78 is 0. The molecule has 0 bridgehead atoms. The second-order valence-electron chi connectivity index (χ2n) is 3.14. The third-order valence-electron chi connectivity index (χ3n) is 1.97.